The number of carbonyl (C=O) groups is 1. The lowest BCUT2D eigenvalue weighted by Gasteiger charge is -2.40. The van der Waals surface area contributed by atoms with Gasteiger partial charge in [0, 0.05) is 24.0 Å². The van der Waals surface area contributed by atoms with Gasteiger partial charge in [0.05, 0.1) is 6.04 Å². The number of fused-ring (bicyclic) bond motifs is 1. The molecule has 0 aliphatic carbocycles. The summed E-state index contributed by atoms with van der Waals surface area (Å²) in [4.78, 5) is 15.0. The number of nitrogens with one attached hydrogen (secondary N) is 1. The number of ether oxygens (including phenoxy) is 1. The van der Waals surface area contributed by atoms with Gasteiger partial charge in [0.2, 0.25) is 0 Å². The number of nitrogens with zero attached hydrogens (tertiary/aromatic N) is 1. The third-order valence-electron chi connectivity index (χ3n) is 5.15. The first-order valence-electron chi connectivity index (χ1n) is 9.09. The number of benzene rings is 2. The largest absolute Gasteiger partial charge is 0.378 e. The molecule has 0 saturated carbocycles. The van der Waals surface area contributed by atoms with E-state index in [1.54, 1.807) is 0 Å². The molecule has 1 saturated heterocycles. The lowest BCUT2D eigenvalue weighted by molar-refractivity contribution is -0.127. The van der Waals surface area contributed by atoms with Crippen molar-refractivity contribution < 1.29 is 9.53 Å². The minimum atomic E-state index is -0.283. The standard InChI is InChI=1S/C21H24N2O2/c1-15-14-18(22-16-8-3-2-4-9-16)17-10-5-6-11-19(17)23(15)21(24)20-12-7-13-25-20/h2-6,8-11,15,18,20,22H,7,12-14H2,1H3/t15-,18+,20+/m1/s1. The second-order valence-electron chi connectivity index (χ2n) is 6.92. The molecule has 130 valence electrons. The van der Waals surface area contributed by atoms with Crippen molar-refractivity contribution in [2.75, 3.05) is 16.8 Å². The van der Waals surface area contributed by atoms with Crippen molar-refractivity contribution in [1.29, 1.82) is 0 Å². The zero-order chi connectivity index (χ0) is 17.2. The molecule has 2 aliphatic rings. The maximum absolute atomic E-state index is 13.0. The fraction of sp³-hybridized carbons (Fsp3) is 0.381. The van der Waals surface area contributed by atoms with Crippen LogP contribution in [0.4, 0.5) is 11.4 Å². The Labute approximate surface area is 148 Å². The molecule has 3 atom stereocenters. The van der Waals surface area contributed by atoms with Crippen molar-refractivity contribution >= 4 is 17.3 Å². The van der Waals surface area contributed by atoms with Crippen LogP contribution < -0.4 is 10.2 Å². The monoisotopic (exact) mass is 336 g/mol. The minimum Gasteiger partial charge on any atom is -0.378 e. The molecular formula is C21H24N2O2. The molecule has 0 unspecified atom stereocenters. The van der Waals surface area contributed by atoms with Gasteiger partial charge in [-0.15, -0.1) is 0 Å². The third-order valence-corrected chi connectivity index (χ3v) is 5.15. The minimum absolute atomic E-state index is 0.107. The summed E-state index contributed by atoms with van der Waals surface area (Å²) in [5, 5.41) is 3.63. The number of anilines is 2. The summed E-state index contributed by atoms with van der Waals surface area (Å²) >= 11 is 0. The quantitative estimate of drug-likeness (QED) is 0.916. The van der Waals surface area contributed by atoms with Gasteiger partial charge >= 0.3 is 0 Å². The Kier molecular flexibility index (Phi) is 4.45. The van der Waals surface area contributed by atoms with E-state index in [0.717, 1.165) is 30.6 Å². The maximum atomic E-state index is 13.0. The molecule has 2 aromatic carbocycles. The van der Waals surface area contributed by atoms with Gasteiger partial charge in [-0.1, -0.05) is 36.4 Å². The topological polar surface area (TPSA) is 41.6 Å². The van der Waals surface area contributed by atoms with Gasteiger partial charge in [-0.05, 0) is 49.9 Å². The summed E-state index contributed by atoms with van der Waals surface area (Å²) < 4.78 is 5.65. The van der Waals surface area contributed by atoms with Crippen molar-refractivity contribution in [3.63, 3.8) is 0 Å². The molecule has 1 amide bonds. The van der Waals surface area contributed by atoms with Crippen molar-refractivity contribution in [2.45, 2.75) is 44.4 Å². The SMILES string of the molecule is C[C@@H]1C[C@H](Nc2ccccc2)c2ccccc2N1C(=O)[C@@H]1CCCO1. The smallest absolute Gasteiger partial charge is 0.256 e. The Morgan fingerprint density at radius 1 is 1.12 bits per heavy atom. The second kappa shape index (κ2) is 6.89. The Morgan fingerprint density at radius 3 is 2.64 bits per heavy atom. The lowest BCUT2D eigenvalue weighted by Crippen LogP contribution is -2.48. The van der Waals surface area contributed by atoms with Gasteiger partial charge in [-0.3, -0.25) is 4.79 Å². The molecule has 0 spiro atoms. The molecule has 0 aromatic heterocycles. The Bertz CT molecular complexity index is 741. The zero-order valence-corrected chi connectivity index (χ0v) is 14.5. The van der Waals surface area contributed by atoms with Gasteiger partial charge < -0.3 is 15.0 Å². The summed E-state index contributed by atoms with van der Waals surface area (Å²) in [6, 6.07) is 18.8. The van der Waals surface area contributed by atoms with E-state index in [2.05, 4.69) is 36.5 Å². The molecule has 0 radical (unpaired) electrons. The van der Waals surface area contributed by atoms with Crippen LogP contribution in [0.3, 0.4) is 0 Å². The van der Waals surface area contributed by atoms with Crippen molar-refractivity contribution in [3.8, 4) is 0 Å². The van der Waals surface area contributed by atoms with E-state index in [4.69, 9.17) is 4.74 Å². The highest BCUT2D eigenvalue weighted by Crippen LogP contribution is 2.39. The van der Waals surface area contributed by atoms with Crippen LogP contribution >= 0.6 is 0 Å². The molecule has 2 heterocycles. The van der Waals surface area contributed by atoms with E-state index >= 15 is 0 Å². The Hall–Kier alpha value is -2.33. The molecule has 4 nitrogen and oxygen atoms in total. The third kappa shape index (κ3) is 3.14. The lowest BCUT2D eigenvalue weighted by atomic mass is 9.91. The average Bonchev–Trinajstić information content (AvgIpc) is 3.17. The molecule has 1 N–H and O–H groups in total. The first kappa shape index (κ1) is 16.2. The first-order valence-corrected chi connectivity index (χ1v) is 9.09. The van der Waals surface area contributed by atoms with E-state index in [1.165, 1.54) is 5.56 Å². The van der Waals surface area contributed by atoms with Crippen molar-refractivity contribution in [2.24, 2.45) is 0 Å². The van der Waals surface area contributed by atoms with Crippen molar-refractivity contribution in [3.05, 3.63) is 60.2 Å². The Balaban J connectivity index is 1.64. The fourth-order valence-corrected chi connectivity index (χ4v) is 3.95. The molecule has 25 heavy (non-hydrogen) atoms. The number of rotatable bonds is 3. The van der Waals surface area contributed by atoms with E-state index < -0.39 is 0 Å². The second-order valence-corrected chi connectivity index (χ2v) is 6.92. The average molecular weight is 336 g/mol. The predicted octanol–water partition coefficient (Wildman–Crippen LogP) is 4.14. The number of hydrogen-bond donors (Lipinski definition) is 1. The number of carbonyl (C=O) groups excluding carboxylic acids is 1. The van der Waals surface area contributed by atoms with Crippen LogP contribution in [0.25, 0.3) is 0 Å². The van der Waals surface area contributed by atoms with Crippen LogP contribution in [-0.2, 0) is 9.53 Å². The fourth-order valence-electron chi connectivity index (χ4n) is 3.95. The normalized spacial score (nSPS) is 25.5. The van der Waals surface area contributed by atoms with Crippen molar-refractivity contribution in [1.82, 2.24) is 0 Å². The molecule has 2 aromatic rings. The molecule has 0 bridgehead atoms. The van der Waals surface area contributed by atoms with Crippen LogP contribution in [0, 0.1) is 0 Å². The van der Waals surface area contributed by atoms with E-state index in [-0.39, 0.29) is 24.1 Å². The summed E-state index contributed by atoms with van der Waals surface area (Å²) in [5.41, 5.74) is 3.29. The summed E-state index contributed by atoms with van der Waals surface area (Å²) in [6.07, 6.45) is 2.40. The van der Waals surface area contributed by atoms with Gasteiger partial charge in [0.25, 0.3) is 5.91 Å². The van der Waals surface area contributed by atoms with E-state index in [0.29, 0.717) is 6.61 Å². The van der Waals surface area contributed by atoms with Crippen LogP contribution in [0.15, 0.2) is 54.6 Å². The summed E-state index contributed by atoms with van der Waals surface area (Å²) in [5.74, 6) is 0.107. The highest BCUT2D eigenvalue weighted by atomic mass is 16.5. The maximum Gasteiger partial charge on any atom is 0.256 e. The van der Waals surface area contributed by atoms with Gasteiger partial charge in [0.1, 0.15) is 6.10 Å². The summed E-state index contributed by atoms with van der Waals surface area (Å²) in [6.45, 7) is 2.82. The van der Waals surface area contributed by atoms with Gasteiger partial charge in [-0.25, -0.2) is 0 Å². The van der Waals surface area contributed by atoms with E-state index in [1.807, 2.05) is 35.2 Å². The molecule has 2 aliphatic heterocycles. The number of hydrogen-bond acceptors (Lipinski definition) is 3. The Morgan fingerprint density at radius 2 is 1.88 bits per heavy atom. The van der Waals surface area contributed by atoms with Gasteiger partial charge in [-0.2, -0.15) is 0 Å². The highest BCUT2D eigenvalue weighted by Gasteiger charge is 2.37. The number of amides is 1. The van der Waals surface area contributed by atoms with Crippen LogP contribution in [0.1, 0.15) is 37.8 Å². The number of para-hydroxylation sites is 2. The highest BCUT2D eigenvalue weighted by molar-refractivity contribution is 5.98. The molecule has 4 rings (SSSR count). The van der Waals surface area contributed by atoms with Crippen LogP contribution in [0.5, 0.6) is 0 Å². The zero-order valence-electron chi connectivity index (χ0n) is 14.5. The molecule has 1 fully saturated rings. The van der Waals surface area contributed by atoms with Crippen LogP contribution in [0.2, 0.25) is 0 Å². The molecule has 4 heteroatoms. The molecular weight excluding hydrogens is 312 g/mol. The van der Waals surface area contributed by atoms with Crippen LogP contribution in [-0.4, -0.2) is 24.7 Å². The summed E-state index contributed by atoms with van der Waals surface area (Å²) in [7, 11) is 0. The van der Waals surface area contributed by atoms with E-state index in [9.17, 15) is 4.79 Å². The van der Waals surface area contributed by atoms with Gasteiger partial charge in [0.15, 0.2) is 0 Å². The first-order chi connectivity index (χ1) is 12.2. The predicted molar refractivity (Wildman–Crippen MR) is 99.8 cm³/mol.